The predicted molar refractivity (Wildman–Crippen MR) is 69.2 cm³/mol. The fraction of sp³-hybridized carbons (Fsp3) is 0.600. The highest BCUT2D eigenvalue weighted by atomic mass is 19.1. The second kappa shape index (κ2) is 6.19. The van der Waals surface area contributed by atoms with Gasteiger partial charge >= 0.3 is 0 Å². The molecule has 1 fully saturated rings. The van der Waals surface area contributed by atoms with Crippen LogP contribution in [0.1, 0.15) is 37.7 Å². The molecular formula is C15H21FO2. The van der Waals surface area contributed by atoms with Crippen LogP contribution in [0.25, 0.3) is 0 Å². The van der Waals surface area contributed by atoms with Crippen LogP contribution in [0.15, 0.2) is 18.2 Å². The lowest BCUT2D eigenvalue weighted by Gasteiger charge is -2.26. The molecular weight excluding hydrogens is 231 g/mol. The molecule has 100 valence electrons. The monoisotopic (exact) mass is 252 g/mol. The number of aliphatic hydroxyl groups excluding tert-OH is 1. The Labute approximate surface area is 108 Å². The van der Waals surface area contributed by atoms with Crippen LogP contribution in [-0.4, -0.2) is 18.3 Å². The molecule has 1 aromatic carbocycles. The van der Waals surface area contributed by atoms with Gasteiger partial charge in [-0.2, -0.15) is 0 Å². The van der Waals surface area contributed by atoms with Gasteiger partial charge in [-0.25, -0.2) is 4.39 Å². The van der Waals surface area contributed by atoms with E-state index in [-0.39, 0.29) is 17.7 Å². The number of aliphatic hydroxyl groups is 1. The van der Waals surface area contributed by atoms with E-state index in [1.807, 2.05) is 6.07 Å². The number of methoxy groups -OCH3 is 1. The van der Waals surface area contributed by atoms with E-state index in [0.29, 0.717) is 12.3 Å². The van der Waals surface area contributed by atoms with Crippen molar-refractivity contribution in [3.8, 4) is 5.75 Å². The number of benzene rings is 1. The summed E-state index contributed by atoms with van der Waals surface area (Å²) in [6.45, 7) is 0. The standard InChI is InChI=1S/C15H21FO2/c1-18-15-8-7-11(9-13(15)16)10-14(17)12-5-3-2-4-6-12/h7-9,12,14,17H,2-6,10H2,1H3. The van der Waals surface area contributed by atoms with Crippen LogP contribution >= 0.6 is 0 Å². The lowest BCUT2D eigenvalue weighted by molar-refractivity contribution is 0.0850. The first-order chi connectivity index (χ1) is 8.70. The van der Waals surface area contributed by atoms with E-state index in [9.17, 15) is 9.50 Å². The Morgan fingerprint density at radius 3 is 2.67 bits per heavy atom. The van der Waals surface area contributed by atoms with Gasteiger partial charge in [-0.15, -0.1) is 0 Å². The number of hydrogen-bond donors (Lipinski definition) is 1. The van der Waals surface area contributed by atoms with Gasteiger partial charge in [-0.1, -0.05) is 25.3 Å². The van der Waals surface area contributed by atoms with Gasteiger partial charge in [0.15, 0.2) is 11.6 Å². The van der Waals surface area contributed by atoms with Crippen molar-refractivity contribution in [3.05, 3.63) is 29.6 Å². The first-order valence-electron chi connectivity index (χ1n) is 6.71. The normalized spacial score (nSPS) is 18.6. The number of rotatable bonds is 4. The van der Waals surface area contributed by atoms with Crippen molar-refractivity contribution in [1.82, 2.24) is 0 Å². The number of hydrogen-bond acceptors (Lipinski definition) is 2. The van der Waals surface area contributed by atoms with E-state index in [1.165, 1.54) is 32.4 Å². The van der Waals surface area contributed by atoms with Gasteiger partial charge in [-0.05, 0) is 42.9 Å². The largest absolute Gasteiger partial charge is 0.494 e. The van der Waals surface area contributed by atoms with E-state index >= 15 is 0 Å². The quantitative estimate of drug-likeness (QED) is 0.890. The second-order valence-electron chi connectivity index (χ2n) is 5.14. The van der Waals surface area contributed by atoms with Crippen molar-refractivity contribution in [2.75, 3.05) is 7.11 Å². The summed E-state index contributed by atoms with van der Waals surface area (Å²) in [6, 6.07) is 4.91. The summed E-state index contributed by atoms with van der Waals surface area (Å²) in [5.74, 6) is 0.278. The summed E-state index contributed by atoms with van der Waals surface area (Å²) in [4.78, 5) is 0. The number of ether oxygens (including phenoxy) is 1. The maximum absolute atomic E-state index is 13.5. The Kier molecular flexibility index (Phi) is 4.59. The molecule has 2 nitrogen and oxygen atoms in total. The van der Waals surface area contributed by atoms with Crippen molar-refractivity contribution < 1.29 is 14.2 Å². The molecule has 1 aromatic rings. The highest BCUT2D eigenvalue weighted by Gasteiger charge is 2.22. The van der Waals surface area contributed by atoms with Crippen LogP contribution in [-0.2, 0) is 6.42 Å². The molecule has 1 aliphatic carbocycles. The third-order valence-corrected chi connectivity index (χ3v) is 3.86. The molecule has 3 heteroatoms. The van der Waals surface area contributed by atoms with E-state index in [2.05, 4.69) is 0 Å². The Morgan fingerprint density at radius 1 is 1.33 bits per heavy atom. The summed E-state index contributed by atoms with van der Waals surface area (Å²) in [5.41, 5.74) is 0.839. The van der Waals surface area contributed by atoms with Crippen molar-refractivity contribution in [1.29, 1.82) is 0 Å². The minimum absolute atomic E-state index is 0.255. The minimum atomic E-state index is -0.356. The zero-order chi connectivity index (χ0) is 13.0. The molecule has 1 unspecified atom stereocenters. The molecule has 0 radical (unpaired) electrons. The molecule has 1 N–H and O–H groups in total. The van der Waals surface area contributed by atoms with Crippen LogP contribution < -0.4 is 4.74 Å². The summed E-state index contributed by atoms with van der Waals surface area (Å²) in [7, 11) is 1.45. The lowest BCUT2D eigenvalue weighted by atomic mass is 9.83. The van der Waals surface area contributed by atoms with Crippen LogP contribution in [0.3, 0.4) is 0 Å². The van der Waals surface area contributed by atoms with Gasteiger partial charge in [0.05, 0.1) is 13.2 Å². The van der Waals surface area contributed by atoms with E-state index in [1.54, 1.807) is 6.07 Å². The van der Waals surface area contributed by atoms with Crippen LogP contribution in [0, 0.1) is 11.7 Å². The van der Waals surface area contributed by atoms with Crippen molar-refractivity contribution >= 4 is 0 Å². The Balaban J connectivity index is 1.97. The van der Waals surface area contributed by atoms with Crippen LogP contribution in [0.2, 0.25) is 0 Å². The molecule has 1 saturated carbocycles. The van der Waals surface area contributed by atoms with Gasteiger partial charge < -0.3 is 9.84 Å². The smallest absolute Gasteiger partial charge is 0.165 e. The van der Waals surface area contributed by atoms with E-state index in [4.69, 9.17) is 4.74 Å². The predicted octanol–water partition coefficient (Wildman–Crippen LogP) is 3.32. The topological polar surface area (TPSA) is 29.5 Å². The van der Waals surface area contributed by atoms with Gasteiger partial charge in [0.25, 0.3) is 0 Å². The highest BCUT2D eigenvalue weighted by molar-refractivity contribution is 5.29. The Bertz CT molecular complexity index is 386. The van der Waals surface area contributed by atoms with Gasteiger partial charge in [0.1, 0.15) is 0 Å². The van der Waals surface area contributed by atoms with E-state index < -0.39 is 0 Å². The molecule has 0 saturated heterocycles. The molecule has 1 atom stereocenters. The zero-order valence-corrected chi connectivity index (χ0v) is 10.9. The highest BCUT2D eigenvalue weighted by Crippen LogP contribution is 2.28. The molecule has 18 heavy (non-hydrogen) atoms. The zero-order valence-electron chi connectivity index (χ0n) is 10.9. The molecule has 0 aliphatic heterocycles. The molecule has 2 rings (SSSR count). The molecule has 1 aliphatic rings. The second-order valence-corrected chi connectivity index (χ2v) is 5.14. The van der Waals surface area contributed by atoms with Crippen molar-refractivity contribution in [3.63, 3.8) is 0 Å². The van der Waals surface area contributed by atoms with Crippen LogP contribution in [0.4, 0.5) is 4.39 Å². The Morgan fingerprint density at radius 2 is 2.06 bits per heavy atom. The third kappa shape index (κ3) is 3.22. The van der Waals surface area contributed by atoms with Gasteiger partial charge in [0.2, 0.25) is 0 Å². The third-order valence-electron chi connectivity index (χ3n) is 3.86. The first kappa shape index (κ1) is 13.3. The lowest BCUT2D eigenvalue weighted by Crippen LogP contribution is -2.25. The SMILES string of the molecule is COc1ccc(CC(O)C2CCCCC2)cc1F. The van der Waals surface area contributed by atoms with Crippen molar-refractivity contribution in [2.45, 2.75) is 44.6 Å². The fourth-order valence-corrected chi connectivity index (χ4v) is 2.76. The molecule has 0 heterocycles. The number of halogens is 1. The summed E-state index contributed by atoms with van der Waals surface area (Å²) < 4.78 is 18.4. The fourth-order valence-electron chi connectivity index (χ4n) is 2.76. The average molecular weight is 252 g/mol. The van der Waals surface area contributed by atoms with Gasteiger partial charge in [-0.3, -0.25) is 0 Å². The molecule has 0 spiro atoms. The molecule has 0 bridgehead atoms. The summed E-state index contributed by atoms with van der Waals surface area (Å²) in [6.07, 6.45) is 6.07. The van der Waals surface area contributed by atoms with Crippen molar-refractivity contribution in [2.24, 2.45) is 5.92 Å². The average Bonchev–Trinajstić information content (AvgIpc) is 2.40. The molecule has 0 aromatic heterocycles. The summed E-state index contributed by atoms with van der Waals surface area (Å²) >= 11 is 0. The van der Waals surface area contributed by atoms with Crippen LogP contribution in [0.5, 0.6) is 5.75 Å². The maximum atomic E-state index is 13.5. The first-order valence-corrected chi connectivity index (χ1v) is 6.71. The molecule has 0 amide bonds. The minimum Gasteiger partial charge on any atom is -0.494 e. The van der Waals surface area contributed by atoms with Gasteiger partial charge in [0, 0.05) is 0 Å². The maximum Gasteiger partial charge on any atom is 0.165 e. The Hall–Kier alpha value is -1.09. The van der Waals surface area contributed by atoms with E-state index in [0.717, 1.165) is 18.4 Å². The summed E-state index contributed by atoms with van der Waals surface area (Å²) in [5, 5.41) is 10.2.